The maximum absolute atomic E-state index is 8.98. The molecule has 0 bridgehead atoms. The number of ether oxygens (including phenoxy) is 1. The molecule has 2 aromatic rings. The molecular formula is C15H14N2O. The molecule has 3 nitrogen and oxygen atoms in total. The van der Waals surface area contributed by atoms with Gasteiger partial charge in [0.1, 0.15) is 12.4 Å². The van der Waals surface area contributed by atoms with Crippen molar-refractivity contribution in [1.29, 1.82) is 5.26 Å². The van der Waals surface area contributed by atoms with Crippen LogP contribution in [0.5, 0.6) is 5.75 Å². The van der Waals surface area contributed by atoms with Crippen LogP contribution in [-0.2, 0) is 6.61 Å². The SMILES string of the molecule is Cc1cc(N)ccc1OCc1ccccc1C#N. The molecule has 3 heteroatoms. The van der Waals surface area contributed by atoms with Crippen LogP contribution in [0.15, 0.2) is 42.5 Å². The molecule has 0 aliphatic rings. The van der Waals surface area contributed by atoms with E-state index in [1.54, 1.807) is 12.1 Å². The summed E-state index contributed by atoms with van der Waals surface area (Å²) in [4.78, 5) is 0. The van der Waals surface area contributed by atoms with Gasteiger partial charge in [-0.1, -0.05) is 18.2 Å². The van der Waals surface area contributed by atoms with Crippen LogP contribution in [0, 0.1) is 18.3 Å². The summed E-state index contributed by atoms with van der Waals surface area (Å²) in [5.41, 5.74) is 8.92. The normalized spacial score (nSPS) is 9.78. The molecule has 0 unspecified atom stereocenters. The first kappa shape index (κ1) is 12.0. The molecule has 0 atom stereocenters. The molecule has 0 fully saturated rings. The highest BCUT2D eigenvalue weighted by Crippen LogP contribution is 2.21. The fourth-order valence-electron chi connectivity index (χ4n) is 1.75. The van der Waals surface area contributed by atoms with Gasteiger partial charge >= 0.3 is 0 Å². The number of nitriles is 1. The van der Waals surface area contributed by atoms with Crippen molar-refractivity contribution in [3.05, 3.63) is 59.2 Å². The number of nitrogens with two attached hydrogens (primary N) is 1. The zero-order valence-electron chi connectivity index (χ0n) is 10.2. The van der Waals surface area contributed by atoms with Crippen LogP contribution in [0.1, 0.15) is 16.7 Å². The van der Waals surface area contributed by atoms with Crippen LogP contribution in [0.3, 0.4) is 0 Å². The number of nitrogens with zero attached hydrogens (tertiary/aromatic N) is 1. The van der Waals surface area contributed by atoms with Gasteiger partial charge < -0.3 is 10.5 Å². The van der Waals surface area contributed by atoms with E-state index in [1.807, 2.05) is 37.3 Å². The van der Waals surface area contributed by atoms with Crippen molar-refractivity contribution in [2.45, 2.75) is 13.5 Å². The van der Waals surface area contributed by atoms with Crippen LogP contribution in [0.4, 0.5) is 5.69 Å². The van der Waals surface area contributed by atoms with E-state index in [0.29, 0.717) is 12.2 Å². The third kappa shape index (κ3) is 2.61. The number of aryl methyl sites for hydroxylation is 1. The summed E-state index contributed by atoms with van der Waals surface area (Å²) in [7, 11) is 0. The average molecular weight is 238 g/mol. The Bertz CT molecular complexity index is 600. The van der Waals surface area contributed by atoms with Crippen molar-refractivity contribution in [3.8, 4) is 11.8 Å². The smallest absolute Gasteiger partial charge is 0.122 e. The maximum Gasteiger partial charge on any atom is 0.122 e. The van der Waals surface area contributed by atoms with Crippen molar-refractivity contribution < 1.29 is 4.74 Å². The molecule has 0 aliphatic carbocycles. The van der Waals surface area contributed by atoms with Gasteiger partial charge in [0.2, 0.25) is 0 Å². The van der Waals surface area contributed by atoms with E-state index in [0.717, 1.165) is 22.6 Å². The molecule has 0 aromatic heterocycles. The van der Waals surface area contributed by atoms with E-state index in [2.05, 4.69) is 6.07 Å². The Morgan fingerprint density at radius 1 is 1.22 bits per heavy atom. The second-order valence-corrected chi connectivity index (χ2v) is 4.08. The number of benzene rings is 2. The van der Waals surface area contributed by atoms with Crippen molar-refractivity contribution in [2.24, 2.45) is 0 Å². The Morgan fingerprint density at radius 3 is 2.72 bits per heavy atom. The highest BCUT2D eigenvalue weighted by atomic mass is 16.5. The van der Waals surface area contributed by atoms with Crippen molar-refractivity contribution in [1.82, 2.24) is 0 Å². The Hall–Kier alpha value is -2.47. The van der Waals surface area contributed by atoms with Crippen LogP contribution < -0.4 is 10.5 Å². The topological polar surface area (TPSA) is 59.0 Å². The molecule has 0 aliphatic heterocycles. The van der Waals surface area contributed by atoms with Gasteiger partial charge in [-0.15, -0.1) is 0 Å². The summed E-state index contributed by atoms with van der Waals surface area (Å²) in [6, 6.07) is 15.1. The molecular weight excluding hydrogens is 224 g/mol. The minimum Gasteiger partial charge on any atom is -0.489 e. The number of hydrogen-bond donors (Lipinski definition) is 1. The van der Waals surface area contributed by atoms with Crippen LogP contribution in [0.2, 0.25) is 0 Å². The summed E-state index contributed by atoms with van der Waals surface area (Å²) >= 11 is 0. The van der Waals surface area contributed by atoms with E-state index < -0.39 is 0 Å². The quantitative estimate of drug-likeness (QED) is 0.836. The highest BCUT2D eigenvalue weighted by molar-refractivity contribution is 5.47. The molecule has 2 aromatic carbocycles. The Morgan fingerprint density at radius 2 is 2.00 bits per heavy atom. The summed E-state index contributed by atoms with van der Waals surface area (Å²) in [6.45, 7) is 2.33. The van der Waals surface area contributed by atoms with Crippen LogP contribution >= 0.6 is 0 Å². The highest BCUT2D eigenvalue weighted by Gasteiger charge is 2.04. The van der Waals surface area contributed by atoms with Crippen LogP contribution in [0.25, 0.3) is 0 Å². The van der Waals surface area contributed by atoms with Crippen LogP contribution in [-0.4, -0.2) is 0 Å². The van der Waals surface area contributed by atoms with Gasteiger partial charge in [0.25, 0.3) is 0 Å². The summed E-state index contributed by atoms with van der Waals surface area (Å²) in [5, 5.41) is 8.98. The number of anilines is 1. The first-order valence-electron chi connectivity index (χ1n) is 5.67. The number of hydrogen-bond acceptors (Lipinski definition) is 3. The van der Waals surface area contributed by atoms with E-state index in [1.165, 1.54) is 0 Å². The van der Waals surface area contributed by atoms with E-state index in [4.69, 9.17) is 15.7 Å². The van der Waals surface area contributed by atoms with Gasteiger partial charge in [-0.25, -0.2) is 0 Å². The van der Waals surface area contributed by atoms with Gasteiger partial charge in [0, 0.05) is 11.3 Å². The molecule has 0 spiro atoms. The summed E-state index contributed by atoms with van der Waals surface area (Å²) in [5.74, 6) is 0.789. The molecule has 0 saturated heterocycles. The number of rotatable bonds is 3. The predicted octanol–water partition coefficient (Wildman–Crippen LogP) is 3.03. The third-order valence-electron chi connectivity index (χ3n) is 2.72. The van der Waals surface area contributed by atoms with Crippen molar-refractivity contribution in [2.75, 3.05) is 5.73 Å². The van der Waals surface area contributed by atoms with E-state index >= 15 is 0 Å². The lowest BCUT2D eigenvalue weighted by Gasteiger charge is -2.10. The zero-order valence-corrected chi connectivity index (χ0v) is 10.2. The lowest BCUT2D eigenvalue weighted by atomic mass is 10.1. The zero-order chi connectivity index (χ0) is 13.0. The van der Waals surface area contributed by atoms with Gasteiger partial charge in [-0.2, -0.15) is 5.26 Å². The molecule has 2 N–H and O–H groups in total. The van der Waals surface area contributed by atoms with Gasteiger partial charge in [-0.3, -0.25) is 0 Å². The molecule has 0 saturated carbocycles. The Labute approximate surface area is 106 Å². The van der Waals surface area contributed by atoms with Crippen molar-refractivity contribution in [3.63, 3.8) is 0 Å². The fourth-order valence-corrected chi connectivity index (χ4v) is 1.75. The number of nitrogen functional groups attached to an aromatic ring is 1. The molecule has 0 amide bonds. The predicted molar refractivity (Wildman–Crippen MR) is 71.1 cm³/mol. The Kier molecular flexibility index (Phi) is 3.49. The third-order valence-corrected chi connectivity index (χ3v) is 2.72. The summed E-state index contributed by atoms with van der Waals surface area (Å²) in [6.07, 6.45) is 0. The van der Waals surface area contributed by atoms with E-state index in [-0.39, 0.29) is 0 Å². The molecule has 0 heterocycles. The largest absolute Gasteiger partial charge is 0.489 e. The second-order valence-electron chi connectivity index (χ2n) is 4.08. The molecule has 90 valence electrons. The molecule has 2 rings (SSSR count). The van der Waals surface area contributed by atoms with E-state index in [9.17, 15) is 0 Å². The first-order chi connectivity index (χ1) is 8.70. The lowest BCUT2D eigenvalue weighted by Crippen LogP contribution is -1.99. The minimum atomic E-state index is 0.383. The van der Waals surface area contributed by atoms with Gasteiger partial charge in [-0.05, 0) is 36.8 Å². The maximum atomic E-state index is 8.98. The first-order valence-corrected chi connectivity index (χ1v) is 5.67. The fraction of sp³-hybridized carbons (Fsp3) is 0.133. The van der Waals surface area contributed by atoms with Gasteiger partial charge in [0.05, 0.1) is 11.6 Å². The van der Waals surface area contributed by atoms with Crippen molar-refractivity contribution >= 4 is 5.69 Å². The second kappa shape index (κ2) is 5.24. The Balaban J connectivity index is 2.14. The lowest BCUT2D eigenvalue weighted by molar-refractivity contribution is 0.304. The minimum absolute atomic E-state index is 0.383. The monoisotopic (exact) mass is 238 g/mol. The molecule has 18 heavy (non-hydrogen) atoms. The standard InChI is InChI=1S/C15H14N2O/c1-11-8-14(17)6-7-15(11)18-10-13-5-3-2-4-12(13)9-16/h2-8H,10,17H2,1H3. The summed E-state index contributed by atoms with van der Waals surface area (Å²) < 4.78 is 5.71. The molecule has 0 radical (unpaired) electrons. The van der Waals surface area contributed by atoms with Gasteiger partial charge in [0.15, 0.2) is 0 Å². The average Bonchev–Trinajstić information content (AvgIpc) is 2.38.